The van der Waals surface area contributed by atoms with Gasteiger partial charge in [0.25, 0.3) is 0 Å². The third-order valence-electron chi connectivity index (χ3n) is 3.52. The first-order valence-corrected chi connectivity index (χ1v) is 8.33. The van der Waals surface area contributed by atoms with E-state index >= 15 is 0 Å². The Morgan fingerprint density at radius 1 is 1.04 bits per heavy atom. The van der Waals surface area contributed by atoms with Crippen molar-refractivity contribution in [2.45, 2.75) is 19.4 Å². The van der Waals surface area contributed by atoms with Crippen molar-refractivity contribution in [1.82, 2.24) is 10.3 Å². The van der Waals surface area contributed by atoms with E-state index in [1.54, 1.807) is 0 Å². The van der Waals surface area contributed by atoms with Gasteiger partial charge in [-0.15, -0.1) is 11.3 Å². The first kappa shape index (κ1) is 16.3. The predicted molar refractivity (Wildman–Crippen MR) is 91.4 cm³/mol. The molecule has 2 aromatic carbocycles. The molecule has 0 aliphatic carbocycles. The van der Waals surface area contributed by atoms with Crippen LogP contribution in [-0.4, -0.2) is 16.7 Å². The van der Waals surface area contributed by atoms with Gasteiger partial charge in [0.05, 0.1) is 16.8 Å². The molecule has 1 heterocycles. The van der Waals surface area contributed by atoms with Crippen LogP contribution < -0.4 is 5.32 Å². The molecule has 122 valence electrons. The van der Waals surface area contributed by atoms with Gasteiger partial charge in [0.15, 0.2) is 5.78 Å². The molecule has 0 aliphatic heterocycles. The molecule has 0 aliphatic rings. The van der Waals surface area contributed by atoms with E-state index in [0.717, 1.165) is 15.2 Å². The largest absolute Gasteiger partial charge is 0.350 e. The highest BCUT2D eigenvalue weighted by molar-refractivity contribution is 7.18. The summed E-state index contributed by atoms with van der Waals surface area (Å²) in [6.45, 7) is 0.350. The van der Waals surface area contributed by atoms with Crippen molar-refractivity contribution in [1.29, 1.82) is 0 Å². The molecule has 3 aromatic rings. The summed E-state index contributed by atoms with van der Waals surface area (Å²) >= 11 is 1.53. The second kappa shape index (κ2) is 7.31. The van der Waals surface area contributed by atoms with Crippen LogP contribution in [0, 0.1) is 5.82 Å². The number of ketones is 1. The maximum atomic E-state index is 12.8. The fourth-order valence-electron chi connectivity index (χ4n) is 2.27. The minimum absolute atomic E-state index is 0.0946. The molecule has 4 nitrogen and oxygen atoms in total. The second-order valence-electron chi connectivity index (χ2n) is 5.28. The molecule has 3 rings (SSSR count). The van der Waals surface area contributed by atoms with Gasteiger partial charge in [-0.3, -0.25) is 9.59 Å². The number of aromatic nitrogens is 1. The Labute approximate surface area is 142 Å². The number of hydrogen-bond donors (Lipinski definition) is 1. The molecule has 6 heteroatoms. The standard InChI is InChI=1S/C18H15FN2O2S/c19-13-7-5-12(6-8-13)15(22)9-10-17(23)20-11-18-21-14-3-1-2-4-16(14)24-18/h1-8H,9-11H2,(H,20,23). The lowest BCUT2D eigenvalue weighted by Gasteiger charge is -2.03. The van der Waals surface area contributed by atoms with Crippen molar-refractivity contribution in [3.63, 3.8) is 0 Å². The fourth-order valence-corrected chi connectivity index (χ4v) is 3.17. The maximum absolute atomic E-state index is 12.8. The van der Waals surface area contributed by atoms with Crippen molar-refractivity contribution in [2.24, 2.45) is 0 Å². The second-order valence-corrected chi connectivity index (χ2v) is 6.40. The summed E-state index contributed by atoms with van der Waals surface area (Å²) in [7, 11) is 0. The van der Waals surface area contributed by atoms with Crippen LogP contribution in [0.5, 0.6) is 0 Å². The molecule has 0 saturated carbocycles. The van der Waals surface area contributed by atoms with Crippen molar-refractivity contribution >= 4 is 33.2 Å². The van der Waals surface area contributed by atoms with Gasteiger partial charge in [0.1, 0.15) is 10.8 Å². The normalized spacial score (nSPS) is 10.7. The molecule has 24 heavy (non-hydrogen) atoms. The molecule has 0 bridgehead atoms. The third kappa shape index (κ3) is 4.02. The number of carbonyl (C=O) groups excluding carboxylic acids is 2. The van der Waals surface area contributed by atoms with Gasteiger partial charge in [-0.25, -0.2) is 9.37 Å². The number of para-hydroxylation sites is 1. The maximum Gasteiger partial charge on any atom is 0.220 e. The molecule has 1 aromatic heterocycles. The Balaban J connectivity index is 1.48. The molecule has 0 spiro atoms. The van der Waals surface area contributed by atoms with Gasteiger partial charge in [-0.1, -0.05) is 12.1 Å². The first-order chi connectivity index (χ1) is 11.6. The lowest BCUT2D eigenvalue weighted by molar-refractivity contribution is -0.121. The van der Waals surface area contributed by atoms with Crippen LogP contribution in [0.25, 0.3) is 10.2 Å². The number of rotatable bonds is 6. The number of fused-ring (bicyclic) bond motifs is 1. The predicted octanol–water partition coefficient (Wildman–Crippen LogP) is 3.71. The first-order valence-electron chi connectivity index (χ1n) is 7.52. The monoisotopic (exact) mass is 342 g/mol. The number of nitrogens with zero attached hydrogens (tertiary/aromatic N) is 1. The van der Waals surface area contributed by atoms with Gasteiger partial charge >= 0.3 is 0 Å². The van der Waals surface area contributed by atoms with E-state index in [4.69, 9.17) is 0 Å². The van der Waals surface area contributed by atoms with E-state index in [-0.39, 0.29) is 30.3 Å². The zero-order valence-corrected chi connectivity index (χ0v) is 13.6. The van der Waals surface area contributed by atoms with Crippen molar-refractivity contribution in [3.8, 4) is 0 Å². The van der Waals surface area contributed by atoms with Crippen LogP contribution in [0.3, 0.4) is 0 Å². The van der Waals surface area contributed by atoms with Gasteiger partial charge < -0.3 is 5.32 Å². The molecule has 1 amide bonds. The topological polar surface area (TPSA) is 59.1 Å². The molecule has 0 unspecified atom stereocenters. The summed E-state index contributed by atoms with van der Waals surface area (Å²) in [6, 6.07) is 13.1. The summed E-state index contributed by atoms with van der Waals surface area (Å²) in [6.07, 6.45) is 0.193. The number of carbonyl (C=O) groups is 2. The zero-order chi connectivity index (χ0) is 16.9. The smallest absolute Gasteiger partial charge is 0.220 e. The average molecular weight is 342 g/mol. The van der Waals surface area contributed by atoms with Crippen LogP contribution in [0.4, 0.5) is 4.39 Å². The molecule has 0 radical (unpaired) electrons. The lowest BCUT2D eigenvalue weighted by atomic mass is 10.1. The Bertz CT molecular complexity index is 841. The SMILES string of the molecule is O=C(CCC(=O)c1ccc(F)cc1)NCc1nc2ccccc2s1. The van der Waals surface area contributed by atoms with Crippen molar-refractivity contribution < 1.29 is 14.0 Å². The minimum atomic E-state index is -0.389. The van der Waals surface area contributed by atoms with E-state index in [2.05, 4.69) is 10.3 Å². The van der Waals surface area contributed by atoms with Gasteiger partial charge in [-0.2, -0.15) is 0 Å². The number of thiazole rings is 1. The van der Waals surface area contributed by atoms with E-state index in [0.29, 0.717) is 12.1 Å². The van der Waals surface area contributed by atoms with Crippen molar-refractivity contribution in [3.05, 3.63) is 64.9 Å². The summed E-state index contributed by atoms with van der Waals surface area (Å²) in [5.74, 6) is -0.769. The van der Waals surface area contributed by atoms with E-state index in [1.165, 1.54) is 35.6 Å². The van der Waals surface area contributed by atoms with E-state index in [1.807, 2.05) is 24.3 Å². The minimum Gasteiger partial charge on any atom is -0.350 e. The Morgan fingerprint density at radius 2 is 1.79 bits per heavy atom. The fraction of sp³-hybridized carbons (Fsp3) is 0.167. The molecular formula is C18H15FN2O2S. The van der Waals surface area contributed by atoms with E-state index < -0.39 is 0 Å². The number of benzene rings is 2. The summed E-state index contributed by atoms with van der Waals surface area (Å²) < 4.78 is 13.9. The Kier molecular flexibility index (Phi) is 4.96. The van der Waals surface area contributed by atoms with Crippen LogP contribution in [0.15, 0.2) is 48.5 Å². The summed E-state index contributed by atoms with van der Waals surface area (Å²) in [4.78, 5) is 28.3. The van der Waals surface area contributed by atoms with Gasteiger partial charge in [0, 0.05) is 18.4 Å². The molecular weight excluding hydrogens is 327 g/mol. The summed E-state index contributed by atoms with van der Waals surface area (Å²) in [5, 5.41) is 3.60. The van der Waals surface area contributed by atoms with Crippen LogP contribution in [0.1, 0.15) is 28.2 Å². The highest BCUT2D eigenvalue weighted by atomic mass is 32.1. The molecule has 0 fully saturated rings. The molecule has 0 atom stereocenters. The van der Waals surface area contributed by atoms with Crippen LogP contribution >= 0.6 is 11.3 Å². The lowest BCUT2D eigenvalue weighted by Crippen LogP contribution is -2.23. The third-order valence-corrected chi connectivity index (χ3v) is 4.56. The number of amides is 1. The number of Topliss-reactive ketones (excluding diaryl/α,β-unsaturated/α-hetero) is 1. The Morgan fingerprint density at radius 3 is 2.54 bits per heavy atom. The Hall–Kier alpha value is -2.60. The van der Waals surface area contributed by atoms with Gasteiger partial charge in [0.2, 0.25) is 5.91 Å². The highest BCUT2D eigenvalue weighted by Gasteiger charge is 2.10. The van der Waals surface area contributed by atoms with Crippen LogP contribution in [-0.2, 0) is 11.3 Å². The van der Waals surface area contributed by atoms with Gasteiger partial charge in [-0.05, 0) is 36.4 Å². The quantitative estimate of drug-likeness (QED) is 0.695. The average Bonchev–Trinajstić information content (AvgIpc) is 3.01. The zero-order valence-electron chi connectivity index (χ0n) is 12.8. The molecule has 1 N–H and O–H groups in total. The number of hydrogen-bond acceptors (Lipinski definition) is 4. The number of halogens is 1. The highest BCUT2D eigenvalue weighted by Crippen LogP contribution is 2.21. The van der Waals surface area contributed by atoms with E-state index in [9.17, 15) is 14.0 Å². The van der Waals surface area contributed by atoms with Crippen molar-refractivity contribution in [2.75, 3.05) is 0 Å². The van der Waals surface area contributed by atoms with Crippen LogP contribution in [0.2, 0.25) is 0 Å². The molecule has 0 saturated heterocycles. The number of nitrogens with one attached hydrogen (secondary N) is 1. The summed E-state index contributed by atoms with van der Waals surface area (Å²) in [5.41, 5.74) is 1.33.